The van der Waals surface area contributed by atoms with Crippen LogP contribution in [0.5, 0.6) is 5.75 Å². The van der Waals surface area contributed by atoms with Crippen molar-refractivity contribution in [2.24, 2.45) is 12.0 Å². The van der Waals surface area contributed by atoms with E-state index >= 15 is 0 Å². The van der Waals surface area contributed by atoms with Gasteiger partial charge >= 0.3 is 0 Å². The zero-order valence-corrected chi connectivity index (χ0v) is 19.3. The van der Waals surface area contributed by atoms with E-state index in [0.29, 0.717) is 25.7 Å². The molecule has 2 rings (SSSR count). The van der Waals surface area contributed by atoms with Crippen LogP contribution in [0, 0.1) is 0 Å². The minimum Gasteiger partial charge on any atom is -0.493 e. The Kier molecular flexibility index (Phi) is 9.67. The molecule has 0 saturated heterocycles. The fourth-order valence-electron chi connectivity index (χ4n) is 3.26. The van der Waals surface area contributed by atoms with Crippen molar-refractivity contribution >= 4 is 5.96 Å². The number of aryl methyl sites for hydroxylation is 1. The third-order valence-electron chi connectivity index (χ3n) is 4.66. The summed E-state index contributed by atoms with van der Waals surface area (Å²) < 4.78 is 12.8. The van der Waals surface area contributed by atoms with Crippen LogP contribution in [0.2, 0.25) is 0 Å². The summed E-state index contributed by atoms with van der Waals surface area (Å²) in [5, 5.41) is 8.01. The molecule has 0 aliphatic rings. The molecule has 1 aromatic carbocycles. The van der Waals surface area contributed by atoms with Gasteiger partial charge in [-0.3, -0.25) is 4.68 Å². The Bertz CT molecular complexity index is 801. The molecular formula is C23H37N5O2. The number of aliphatic imine (C=N–C) groups is 1. The Balaban J connectivity index is 2.05. The molecular weight excluding hydrogens is 378 g/mol. The van der Waals surface area contributed by atoms with E-state index < -0.39 is 0 Å². The summed E-state index contributed by atoms with van der Waals surface area (Å²) in [6.07, 6.45) is 2.97. The molecule has 0 saturated carbocycles. The number of rotatable bonds is 11. The minimum absolute atomic E-state index is 0.390. The molecule has 7 nitrogen and oxygen atoms in total. The van der Waals surface area contributed by atoms with E-state index in [9.17, 15) is 0 Å². The molecule has 0 amide bonds. The smallest absolute Gasteiger partial charge is 0.194 e. The number of hydrogen-bond donors (Lipinski definition) is 1. The summed E-state index contributed by atoms with van der Waals surface area (Å²) in [5.74, 6) is 2.14. The van der Waals surface area contributed by atoms with Crippen LogP contribution in [0.25, 0.3) is 0 Å². The third kappa shape index (κ3) is 7.37. The minimum atomic E-state index is 0.390. The predicted octanol–water partition coefficient (Wildman–Crippen LogP) is 3.56. The standard InChI is InChI=1S/C23H37N5O2/c1-7-24-23(27(4)16-20-17-28(5)26-22(20)18(2)3)25-15-19-10-8-11-21(14-19)30-13-9-12-29-6/h8,10-11,14,17-18H,7,9,12-13,15-16H2,1-6H3,(H,24,25). The molecule has 1 aromatic heterocycles. The summed E-state index contributed by atoms with van der Waals surface area (Å²) in [4.78, 5) is 6.99. The van der Waals surface area contributed by atoms with Crippen LogP contribution >= 0.6 is 0 Å². The van der Waals surface area contributed by atoms with Gasteiger partial charge in [0, 0.05) is 59.1 Å². The molecule has 7 heteroatoms. The van der Waals surface area contributed by atoms with Crippen molar-refractivity contribution < 1.29 is 9.47 Å². The molecule has 30 heavy (non-hydrogen) atoms. The van der Waals surface area contributed by atoms with Crippen LogP contribution in [-0.4, -0.2) is 54.6 Å². The summed E-state index contributed by atoms with van der Waals surface area (Å²) in [7, 11) is 5.74. The average Bonchev–Trinajstić information content (AvgIpc) is 3.09. The molecule has 0 bridgehead atoms. The lowest BCUT2D eigenvalue weighted by Gasteiger charge is -2.22. The Labute approximate surface area is 181 Å². The van der Waals surface area contributed by atoms with E-state index in [1.165, 1.54) is 5.56 Å². The first-order valence-corrected chi connectivity index (χ1v) is 10.7. The highest BCUT2D eigenvalue weighted by molar-refractivity contribution is 5.79. The van der Waals surface area contributed by atoms with Gasteiger partial charge in [-0.1, -0.05) is 26.0 Å². The van der Waals surface area contributed by atoms with Crippen molar-refractivity contribution in [1.29, 1.82) is 0 Å². The normalized spacial score (nSPS) is 11.8. The van der Waals surface area contributed by atoms with Gasteiger partial charge in [0.05, 0.1) is 18.8 Å². The highest BCUT2D eigenvalue weighted by Crippen LogP contribution is 2.19. The SMILES string of the molecule is CCNC(=NCc1cccc(OCCCOC)c1)N(C)Cc1cn(C)nc1C(C)C. The van der Waals surface area contributed by atoms with E-state index in [1.807, 2.05) is 23.9 Å². The molecule has 0 atom stereocenters. The molecule has 2 aromatic rings. The maximum Gasteiger partial charge on any atom is 0.194 e. The van der Waals surface area contributed by atoms with E-state index in [-0.39, 0.29) is 0 Å². The molecule has 0 radical (unpaired) electrons. The van der Waals surface area contributed by atoms with E-state index in [0.717, 1.165) is 42.5 Å². The molecule has 0 aliphatic carbocycles. The van der Waals surface area contributed by atoms with Gasteiger partial charge in [-0.15, -0.1) is 0 Å². The highest BCUT2D eigenvalue weighted by atomic mass is 16.5. The number of guanidine groups is 1. The average molecular weight is 416 g/mol. The van der Waals surface area contributed by atoms with Crippen LogP contribution < -0.4 is 10.1 Å². The van der Waals surface area contributed by atoms with E-state index in [1.54, 1.807) is 7.11 Å². The largest absolute Gasteiger partial charge is 0.493 e. The second-order valence-electron chi connectivity index (χ2n) is 7.74. The van der Waals surface area contributed by atoms with Crippen LogP contribution in [0.1, 0.15) is 49.9 Å². The monoisotopic (exact) mass is 415 g/mol. The molecule has 0 fully saturated rings. The van der Waals surface area contributed by atoms with E-state index in [4.69, 9.17) is 14.5 Å². The molecule has 0 aliphatic heterocycles. The van der Waals surface area contributed by atoms with Gasteiger partial charge in [0.15, 0.2) is 5.96 Å². The lowest BCUT2D eigenvalue weighted by molar-refractivity contribution is 0.172. The maximum atomic E-state index is 5.80. The fraction of sp³-hybridized carbons (Fsp3) is 0.565. The van der Waals surface area contributed by atoms with Gasteiger partial charge in [-0.25, -0.2) is 4.99 Å². The number of ether oxygens (including phenoxy) is 2. The van der Waals surface area contributed by atoms with Gasteiger partial charge in [-0.05, 0) is 30.5 Å². The maximum absolute atomic E-state index is 5.80. The van der Waals surface area contributed by atoms with Crippen molar-refractivity contribution in [3.63, 3.8) is 0 Å². The summed E-state index contributed by atoms with van der Waals surface area (Å²) in [6, 6.07) is 8.12. The van der Waals surface area contributed by atoms with Gasteiger partial charge in [-0.2, -0.15) is 5.10 Å². The Morgan fingerprint density at radius 1 is 1.30 bits per heavy atom. The van der Waals surface area contributed by atoms with Crippen LogP contribution in [-0.2, 0) is 24.9 Å². The molecule has 1 heterocycles. The Hall–Kier alpha value is -2.54. The second-order valence-corrected chi connectivity index (χ2v) is 7.74. The number of benzene rings is 1. The molecule has 0 spiro atoms. The molecule has 0 unspecified atom stereocenters. The first-order chi connectivity index (χ1) is 14.4. The van der Waals surface area contributed by atoms with Gasteiger partial charge in [0.1, 0.15) is 5.75 Å². The number of nitrogens with one attached hydrogen (secondary N) is 1. The zero-order chi connectivity index (χ0) is 21.9. The van der Waals surface area contributed by atoms with Crippen LogP contribution in [0.15, 0.2) is 35.5 Å². The number of aromatic nitrogens is 2. The summed E-state index contributed by atoms with van der Waals surface area (Å²) >= 11 is 0. The lowest BCUT2D eigenvalue weighted by Crippen LogP contribution is -2.38. The van der Waals surface area contributed by atoms with Crippen molar-refractivity contribution in [1.82, 2.24) is 20.0 Å². The number of hydrogen-bond acceptors (Lipinski definition) is 4. The van der Waals surface area contributed by atoms with Crippen molar-refractivity contribution in [2.45, 2.75) is 46.2 Å². The molecule has 1 N–H and O–H groups in total. The van der Waals surface area contributed by atoms with Crippen molar-refractivity contribution in [3.05, 3.63) is 47.3 Å². The first-order valence-electron chi connectivity index (χ1n) is 10.7. The van der Waals surface area contributed by atoms with Gasteiger partial charge in [0.2, 0.25) is 0 Å². The summed E-state index contributed by atoms with van der Waals surface area (Å²) in [6.45, 7) is 9.96. The van der Waals surface area contributed by atoms with Gasteiger partial charge in [0.25, 0.3) is 0 Å². The Morgan fingerprint density at radius 3 is 2.80 bits per heavy atom. The third-order valence-corrected chi connectivity index (χ3v) is 4.66. The van der Waals surface area contributed by atoms with Crippen LogP contribution in [0.3, 0.4) is 0 Å². The number of nitrogens with zero attached hydrogens (tertiary/aromatic N) is 4. The lowest BCUT2D eigenvalue weighted by atomic mass is 10.1. The van der Waals surface area contributed by atoms with Crippen LogP contribution in [0.4, 0.5) is 0 Å². The van der Waals surface area contributed by atoms with E-state index in [2.05, 4.69) is 61.5 Å². The van der Waals surface area contributed by atoms with Crippen molar-refractivity contribution in [3.8, 4) is 5.75 Å². The fourth-order valence-corrected chi connectivity index (χ4v) is 3.26. The highest BCUT2D eigenvalue weighted by Gasteiger charge is 2.15. The summed E-state index contributed by atoms with van der Waals surface area (Å²) in [5.41, 5.74) is 3.48. The second kappa shape index (κ2) is 12.2. The molecule has 166 valence electrons. The first kappa shape index (κ1) is 23.7. The number of methoxy groups -OCH3 is 1. The Morgan fingerprint density at radius 2 is 2.10 bits per heavy atom. The van der Waals surface area contributed by atoms with Crippen molar-refractivity contribution in [2.75, 3.05) is 33.9 Å². The quantitative estimate of drug-likeness (QED) is 0.345. The van der Waals surface area contributed by atoms with Gasteiger partial charge < -0.3 is 19.7 Å². The zero-order valence-electron chi connectivity index (χ0n) is 19.3. The topological polar surface area (TPSA) is 63.9 Å². The predicted molar refractivity (Wildman–Crippen MR) is 122 cm³/mol.